The molecule has 1 heterocycles. The highest BCUT2D eigenvalue weighted by Crippen LogP contribution is 2.21. The van der Waals surface area contributed by atoms with Crippen LogP contribution in [0.15, 0.2) is 0 Å². The smallest absolute Gasteiger partial charge is 0.127 e. The molecule has 0 saturated carbocycles. The number of β-amino-alcohol motifs (C(OH)–C–C–N with tert-alkyl or cyclic N) is 1. The monoisotopic (exact) mass is 199 g/mol. The Morgan fingerprint density at radius 3 is 2.86 bits per heavy atom. The van der Waals surface area contributed by atoms with Crippen LogP contribution in [0.25, 0.3) is 0 Å². The maximum absolute atomic E-state index is 10.9. The average molecular weight is 199 g/mol. The van der Waals surface area contributed by atoms with E-state index in [1.54, 1.807) is 0 Å². The third-order valence-electron chi connectivity index (χ3n) is 3.16. The summed E-state index contributed by atoms with van der Waals surface area (Å²) in [5.74, 6) is 0. The fraction of sp³-hybridized carbons (Fsp3) is 0.909. The molecule has 1 aliphatic rings. The topological polar surface area (TPSA) is 40.5 Å². The zero-order valence-electron chi connectivity index (χ0n) is 9.20. The van der Waals surface area contributed by atoms with E-state index < -0.39 is 0 Å². The minimum Gasteiger partial charge on any atom is -0.392 e. The van der Waals surface area contributed by atoms with Crippen molar-refractivity contribution in [2.24, 2.45) is 5.41 Å². The fourth-order valence-electron chi connectivity index (χ4n) is 1.92. The van der Waals surface area contributed by atoms with E-state index in [-0.39, 0.29) is 11.5 Å². The molecule has 0 radical (unpaired) electrons. The van der Waals surface area contributed by atoms with Crippen molar-refractivity contribution in [3.8, 4) is 0 Å². The molecule has 3 nitrogen and oxygen atoms in total. The number of hydrogen-bond acceptors (Lipinski definition) is 3. The van der Waals surface area contributed by atoms with E-state index >= 15 is 0 Å². The van der Waals surface area contributed by atoms with E-state index in [0.29, 0.717) is 0 Å². The number of aldehydes is 1. The van der Waals surface area contributed by atoms with Gasteiger partial charge in [0.2, 0.25) is 0 Å². The number of aliphatic hydroxyl groups excluding tert-OH is 1. The largest absolute Gasteiger partial charge is 0.392 e. The number of likely N-dealkylation sites (tertiary alicyclic amines) is 1. The SMILES string of the molecule is CCC(C)(C=O)CN1CCCC(O)C1. The van der Waals surface area contributed by atoms with Gasteiger partial charge in [0, 0.05) is 18.5 Å². The molecule has 0 aromatic rings. The minimum absolute atomic E-state index is 0.198. The first-order chi connectivity index (χ1) is 6.59. The third-order valence-corrected chi connectivity index (χ3v) is 3.16. The van der Waals surface area contributed by atoms with Crippen LogP contribution in [0.5, 0.6) is 0 Å². The fourth-order valence-corrected chi connectivity index (χ4v) is 1.92. The Morgan fingerprint density at radius 2 is 2.36 bits per heavy atom. The standard InChI is InChI=1S/C11H21NO2/c1-3-11(2,9-13)8-12-6-4-5-10(14)7-12/h9-10,14H,3-8H2,1-2H3. The van der Waals surface area contributed by atoms with Crippen LogP contribution in [-0.4, -0.2) is 42.0 Å². The summed E-state index contributed by atoms with van der Waals surface area (Å²) >= 11 is 0. The van der Waals surface area contributed by atoms with E-state index in [0.717, 1.165) is 45.2 Å². The average Bonchev–Trinajstić information content (AvgIpc) is 2.18. The number of nitrogens with zero attached hydrogens (tertiary/aromatic N) is 1. The zero-order valence-corrected chi connectivity index (χ0v) is 9.20. The van der Waals surface area contributed by atoms with Gasteiger partial charge in [-0.25, -0.2) is 0 Å². The Hall–Kier alpha value is -0.410. The van der Waals surface area contributed by atoms with E-state index in [1.807, 2.05) is 13.8 Å². The Morgan fingerprint density at radius 1 is 1.64 bits per heavy atom. The maximum atomic E-state index is 10.9. The molecule has 0 bridgehead atoms. The molecular weight excluding hydrogens is 178 g/mol. The number of carbonyl (C=O) groups excluding carboxylic acids is 1. The summed E-state index contributed by atoms with van der Waals surface area (Å²) < 4.78 is 0. The lowest BCUT2D eigenvalue weighted by Crippen LogP contribution is -2.44. The molecule has 2 atom stereocenters. The Balaban J connectivity index is 2.45. The van der Waals surface area contributed by atoms with E-state index in [2.05, 4.69) is 4.90 Å². The lowest BCUT2D eigenvalue weighted by molar-refractivity contribution is -0.117. The van der Waals surface area contributed by atoms with Crippen molar-refractivity contribution >= 4 is 6.29 Å². The van der Waals surface area contributed by atoms with Gasteiger partial charge in [-0.15, -0.1) is 0 Å². The third kappa shape index (κ3) is 3.07. The molecule has 1 fully saturated rings. The maximum Gasteiger partial charge on any atom is 0.127 e. The predicted octanol–water partition coefficient (Wildman–Crippen LogP) is 1.06. The number of carbonyl (C=O) groups is 1. The predicted molar refractivity (Wildman–Crippen MR) is 56.1 cm³/mol. The van der Waals surface area contributed by atoms with Crippen LogP contribution in [0, 0.1) is 5.41 Å². The van der Waals surface area contributed by atoms with E-state index in [1.165, 1.54) is 0 Å². The molecule has 3 heteroatoms. The Bertz CT molecular complexity index is 196. The summed E-state index contributed by atoms with van der Waals surface area (Å²) in [7, 11) is 0. The molecular formula is C11H21NO2. The van der Waals surface area contributed by atoms with Crippen molar-refractivity contribution in [1.82, 2.24) is 4.90 Å². The molecule has 0 aromatic heterocycles. The molecule has 1 saturated heterocycles. The zero-order chi connectivity index (χ0) is 10.6. The first kappa shape index (κ1) is 11.7. The van der Waals surface area contributed by atoms with Gasteiger partial charge < -0.3 is 9.90 Å². The van der Waals surface area contributed by atoms with Crippen LogP contribution in [0.1, 0.15) is 33.1 Å². The van der Waals surface area contributed by atoms with Crippen molar-refractivity contribution in [3.05, 3.63) is 0 Å². The lowest BCUT2D eigenvalue weighted by atomic mass is 9.88. The van der Waals surface area contributed by atoms with Gasteiger partial charge in [-0.2, -0.15) is 0 Å². The van der Waals surface area contributed by atoms with Gasteiger partial charge in [0.15, 0.2) is 0 Å². The normalized spacial score (nSPS) is 28.4. The van der Waals surface area contributed by atoms with Gasteiger partial charge in [-0.1, -0.05) is 13.8 Å². The second kappa shape index (κ2) is 4.89. The van der Waals surface area contributed by atoms with Crippen LogP contribution >= 0.6 is 0 Å². The summed E-state index contributed by atoms with van der Waals surface area (Å²) in [6.07, 6.45) is 3.66. The van der Waals surface area contributed by atoms with Gasteiger partial charge in [0.1, 0.15) is 6.29 Å². The first-order valence-electron chi connectivity index (χ1n) is 5.46. The number of piperidine rings is 1. The van der Waals surface area contributed by atoms with Gasteiger partial charge in [0.05, 0.1) is 6.10 Å². The lowest BCUT2D eigenvalue weighted by Gasteiger charge is -2.35. The molecule has 1 aliphatic heterocycles. The number of hydrogen-bond donors (Lipinski definition) is 1. The molecule has 0 aromatic carbocycles. The minimum atomic E-state index is -0.239. The molecule has 0 spiro atoms. The summed E-state index contributed by atoms with van der Waals surface area (Å²) in [5.41, 5.74) is -0.239. The molecule has 14 heavy (non-hydrogen) atoms. The second-order valence-corrected chi connectivity index (χ2v) is 4.66. The number of aliphatic hydroxyl groups is 1. The van der Waals surface area contributed by atoms with Crippen LogP contribution < -0.4 is 0 Å². The van der Waals surface area contributed by atoms with E-state index in [9.17, 15) is 9.90 Å². The van der Waals surface area contributed by atoms with Crippen molar-refractivity contribution in [2.75, 3.05) is 19.6 Å². The Kier molecular flexibility index (Phi) is 4.08. The molecule has 1 rings (SSSR count). The summed E-state index contributed by atoms with van der Waals surface area (Å²) in [4.78, 5) is 13.1. The van der Waals surface area contributed by atoms with Crippen molar-refractivity contribution in [2.45, 2.75) is 39.2 Å². The van der Waals surface area contributed by atoms with Gasteiger partial charge in [-0.3, -0.25) is 4.90 Å². The molecule has 1 N–H and O–H groups in total. The van der Waals surface area contributed by atoms with Crippen LogP contribution in [0.2, 0.25) is 0 Å². The second-order valence-electron chi connectivity index (χ2n) is 4.66. The molecule has 0 amide bonds. The van der Waals surface area contributed by atoms with E-state index in [4.69, 9.17) is 0 Å². The summed E-state index contributed by atoms with van der Waals surface area (Å²) in [6.45, 7) is 6.55. The first-order valence-corrected chi connectivity index (χ1v) is 5.46. The van der Waals surface area contributed by atoms with Crippen LogP contribution in [0.4, 0.5) is 0 Å². The highest BCUT2D eigenvalue weighted by molar-refractivity contribution is 5.58. The summed E-state index contributed by atoms with van der Waals surface area (Å²) in [6, 6.07) is 0. The quantitative estimate of drug-likeness (QED) is 0.688. The van der Waals surface area contributed by atoms with Crippen molar-refractivity contribution in [1.29, 1.82) is 0 Å². The van der Waals surface area contributed by atoms with Gasteiger partial charge in [0.25, 0.3) is 0 Å². The van der Waals surface area contributed by atoms with Crippen molar-refractivity contribution in [3.63, 3.8) is 0 Å². The van der Waals surface area contributed by atoms with Crippen molar-refractivity contribution < 1.29 is 9.90 Å². The summed E-state index contributed by atoms with van der Waals surface area (Å²) in [5, 5.41) is 9.49. The van der Waals surface area contributed by atoms with Gasteiger partial charge >= 0.3 is 0 Å². The number of rotatable bonds is 4. The highest BCUT2D eigenvalue weighted by atomic mass is 16.3. The Labute approximate surface area is 86.1 Å². The molecule has 82 valence electrons. The van der Waals surface area contributed by atoms with Crippen LogP contribution in [0.3, 0.4) is 0 Å². The highest BCUT2D eigenvalue weighted by Gasteiger charge is 2.27. The molecule has 2 unspecified atom stereocenters. The molecule has 0 aliphatic carbocycles. The van der Waals surface area contributed by atoms with Gasteiger partial charge in [-0.05, 0) is 25.8 Å². The van der Waals surface area contributed by atoms with Crippen LogP contribution in [-0.2, 0) is 4.79 Å².